The number of carbonyl (C=O) groups is 2. The molecule has 1 aromatic heterocycles. The van der Waals surface area contributed by atoms with Gasteiger partial charge in [-0.05, 0) is 60.7 Å². The number of hydrogen-bond donors (Lipinski definition) is 2. The highest BCUT2D eigenvalue weighted by atomic mass is 32.1. The minimum absolute atomic E-state index is 0.148. The third-order valence-electron chi connectivity index (χ3n) is 4.43. The van der Waals surface area contributed by atoms with Gasteiger partial charge in [0.25, 0.3) is 11.8 Å². The van der Waals surface area contributed by atoms with Gasteiger partial charge in [0.2, 0.25) is 0 Å². The Morgan fingerprint density at radius 1 is 1.03 bits per heavy atom. The predicted octanol–water partition coefficient (Wildman–Crippen LogP) is 4.84. The van der Waals surface area contributed by atoms with Crippen LogP contribution in [0.1, 0.15) is 39.3 Å². The number of carbonyl (C=O) groups excluding carboxylic acids is 2. The Morgan fingerprint density at radius 2 is 1.76 bits per heavy atom. The summed E-state index contributed by atoms with van der Waals surface area (Å²) in [6.45, 7) is 3.64. The smallest absolute Gasteiger partial charge is 0.268 e. The molecule has 148 valence electrons. The van der Waals surface area contributed by atoms with Gasteiger partial charge in [-0.2, -0.15) is 0 Å². The molecule has 1 atom stereocenters. The molecule has 3 aromatic rings. The molecule has 3 rings (SSSR count). The summed E-state index contributed by atoms with van der Waals surface area (Å²) in [7, 11) is 0. The van der Waals surface area contributed by atoms with E-state index in [1.807, 2.05) is 36.6 Å². The first-order valence-corrected chi connectivity index (χ1v) is 10.0. The third kappa shape index (κ3) is 5.39. The summed E-state index contributed by atoms with van der Waals surface area (Å²) < 4.78 is 13.1. The number of hydrogen-bond acceptors (Lipinski definition) is 3. The van der Waals surface area contributed by atoms with E-state index in [2.05, 4.69) is 10.6 Å². The topological polar surface area (TPSA) is 58.2 Å². The second-order valence-electron chi connectivity index (χ2n) is 6.59. The van der Waals surface area contributed by atoms with E-state index in [4.69, 9.17) is 0 Å². The van der Waals surface area contributed by atoms with Crippen molar-refractivity contribution in [2.45, 2.75) is 19.9 Å². The normalized spacial score (nSPS) is 12.3. The molecule has 29 heavy (non-hydrogen) atoms. The fraction of sp³-hybridized carbons (Fsp3) is 0.130. The summed E-state index contributed by atoms with van der Waals surface area (Å²) in [5.41, 5.74) is 2.24. The number of halogens is 1. The first kappa shape index (κ1) is 20.5. The van der Waals surface area contributed by atoms with Crippen LogP contribution in [0.4, 0.5) is 4.39 Å². The lowest BCUT2D eigenvalue weighted by Gasteiger charge is -2.17. The van der Waals surface area contributed by atoms with Crippen molar-refractivity contribution >= 4 is 29.2 Å². The van der Waals surface area contributed by atoms with Crippen LogP contribution in [0.25, 0.3) is 6.08 Å². The van der Waals surface area contributed by atoms with Crippen molar-refractivity contribution in [3.05, 3.63) is 99.1 Å². The summed E-state index contributed by atoms with van der Waals surface area (Å²) in [5, 5.41) is 7.49. The summed E-state index contributed by atoms with van der Waals surface area (Å²) in [5.74, 6) is -1.11. The van der Waals surface area contributed by atoms with E-state index in [1.54, 1.807) is 37.3 Å². The molecular weight excluding hydrogens is 387 g/mol. The lowest BCUT2D eigenvalue weighted by atomic mass is 10.1. The van der Waals surface area contributed by atoms with Crippen LogP contribution < -0.4 is 10.6 Å². The first-order chi connectivity index (χ1) is 13.9. The molecule has 2 aromatic carbocycles. The summed E-state index contributed by atoms with van der Waals surface area (Å²) >= 11 is 1.46. The fourth-order valence-corrected chi connectivity index (χ4v) is 3.46. The van der Waals surface area contributed by atoms with Crippen LogP contribution in [0.2, 0.25) is 0 Å². The molecule has 0 bridgehead atoms. The molecule has 0 spiro atoms. The first-order valence-electron chi connectivity index (χ1n) is 9.12. The Bertz CT molecular complexity index is 1030. The minimum Gasteiger partial charge on any atom is -0.344 e. The number of nitrogens with one attached hydrogen (secondary N) is 2. The zero-order valence-electron chi connectivity index (χ0n) is 16.1. The van der Waals surface area contributed by atoms with Crippen molar-refractivity contribution in [3.8, 4) is 0 Å². The van der Waals surface area contributed by atoms with Crippen molar-refractivity contribution in [2.75, 3.05) is 0 Å². The number of benzene rings is 2. The highest BCUT2D eigenvalue weighted by molar-refractivity contribution is 7.10. The number of amides is 2. The Morgan fingerprint density at radius 3 is 2.41 bits per heavy atom. The van der Waals surface area contributed by atoms with Crippen molar-refractivity contribution in [3.63, 3.8) is 0 Å². The second kappa shape index (κ2) is 9.30. The standard InChI is InChI=1S/C23H21FN2O2S/c1-15-6-3-4-8-20(15)22(27)26-21(14-19-7-5-13-29-19)23(28)25-16(2)17-9-11-18(24)12-10-17/h3-14,16H,1-2H3,(H,25,28)(H,26,27)/b21-14-/t16-/m0/s1. The molecule has 0 aliphatic rings. The molecule has 0 saturated carbocycles. The van der Waals surface area contributed by atoms with Gasteiger partial charge < -0.3 is 10.6 Å². The Kier molecular flexibility index (Phi) is 6.57. The molecule has 1 heterocycles. The molecule has 4 nitrogen and oxygen atoms in total. The molecule has 0 aliphatic heterocycles. The Hall–Kier alpha value is -3.25. The lowest BCUT2D eigenvalue weighted by Crippen LogP contribution is -2.36. The van der Waals surface area contributed by atoms with Gasteiger partial charge in [-0.25, -0.2) is 4.39 Å². The van der Waals surface area contributed by atoms with E-state index in [9.17, 15) is 14.0 Å². The summed E-state index contributed by atoms with van der Waals surface area (Å²) in [6, 6.07) is 16.5. The van der Waals surface area contributed by atoms with Gasteiger partial charge in [0.15, 0.2) is 0 Å². The fourth-order valence-electron chi connectivity index (χ4n) is 2.80. The van der Waals surface area contributed by atoms with Crippen LogP contribution in [0.15, 0.2) is 71.7 Å². The van der Waals surface area contributed by atoms with Gasteiger partial charge in [0.05, 0.1) is 6.04 Å². The van der Waals surface area contributed by atoms with E-state index >= 15 is 0 Å². The highest BCUT2D eigenvalue weighted by Gasteiger charge is 2.18. The molecule has 0 radical (unpaired) electrons. The van der Waals surface area contributed by atoms with Crippen LogP contribution >= 0.6 is 11.3 Å². The molecule has 2 amide bonds. The highest BCUT2D eigenvalue weighted by Crippen LogP contribution is 2.16. The van der Waals surface area contributed by atoms with Crippen LogP contribution in [0, 0.1) is 12.7 Å². The van der Waals surface area contributed by atoms with Gasteiger partial charge in [-0.3, -0.25) is 9.59 Å². The van der Waals surface area contributed by atoms with Crippen molar-refractivity contribution < 1.29 is 14.0 Å². The molecule has 0 fully saturated rings. The average Bonchev–Trinajstić information content (AvgIpc) is 3.21. The Balaban J connectivity index is 1.81. The van der Waals surface area contributed by atoms with E-state index in [0.717, 1.165) is 16.0 Å². The lowest BCUT2D eigenvalue weighted by molar-refractivity contribution is -0.118. The monoisotopic (exact) mass is 408 g/mol. The van der Waals surface area contributed by atoms with Crippen molar-refractivity contribution in [2.24, 2.45) is 0 Å². The van der Waals surface area contributed by atoms with E-state index in [-0.39, 0.29) is 23.5 Å². The average molecular weight is 408 g/mol. The second-order valence-corrected chi connectivity index (χ2v) is 7.57. The largest absolute Gasteiger partial charge is 0.344 e. The minimum atomic E-state index is -0.419. The summed E-state index contributed by atoms with van der Waals surface area (Å²) in [6.07, 6.45) is 1.65. The van der Waals surface area contributed by atoms with Gasteiger partial charge in [0.1, 0.15) is 11.5 Å². The van der Waals surface area contributed by atoms with Gasteiger partial charge in [-0.1, -0.05) is 36.4 Å². The van der Waals surface area contributed by atoms with Gasteiger partial charge in [0, 0.05) is 10.4 Å². The zero-order chi connectivity index (χ0) is 20.8. The predicted molar refractivity (Wildman–Crippen MR) is 114 cm³/mol. The molecule has 2 N–H and O–H groups in total. The third-order valence-corrected chi connectivity index (χ3v) is 5.25. The number of thiophene rings is 1. The van der Waals surface area contributed by atoms with Crippen LogP contribution in [-0.4, -0.2) is 11.8 Å². The molecule has 6 heteroatoms. The molecule has 0 saturated heterocycles. The van der Waals surface area contributed by atoms with Crippen LogP contribution in [0.5, 0.6) is 0 Å². The van der Waals surface area contributed by atoms with E-state index in [0.29, 0.717) is 5.56 Å². The Labute approximate surface area is 173 Å². The maximum atomic E-state index is 13.1. The maximum Gasteiger partial charge on any atom is 0.268 e. The quantitative estimate of drug-likeness (QED) is 0.573. The maximum absolute atomic E-state index is 13.1. The number of aryl methyl sites for hydroxylation is 1. The van der Waals surface area contributed by atoms with Crippen molar-refractivity contribution in [1.29, 1.82) is 0 Å². The molecular formula is C23H21FN2O2S. The number of rotatable bonds is 6. The van der Waals surface area contributed by atoms with Crippen molar-refractivity contribution in [1.82, 2.24) is 10.6 Å². The molecule has 0 unspecified atom stereocenters. The van der Waals surface area contributed by atoms with E-state index < -0.39 is 5.91 Å². The zero-order valence-corrected chi connectivity index (χ0v) is 16.9. The van der Waals surface area contributed by atoms with E-state index in [1.165, 1.54) is 23.5 Å². The van der Waals surface area contributed by atoms with Gasteiger partial charge >= 0.3 is 0 Å². The summed E-state index contributed by atoms with van der Waals surface area (Å²) in [4.78, 5) is 26.5. The van der Waals surface area contributed by atoms with Gasteiger partial charge in [-0.15, -0.1) is 11.3 Å². The SMILES string of the molecule is Cc1ccccc1C(=O)N/C(=C\c1cccs1)C(=O)N[C@@H](C)c1ccc(F)cc1. The van der Waals surface area contributed by atoms with Crippen LogP contribution in [0.3, 0.4) is 0 Å². The van der Waals surface area contributed by atoms with Crippen LogP contribution in [-0.2, 0) is 4.79 Å². The molecule has 0 aliphatic carbocycles.